The van der Waals surface area contributed by atoms with Crippen LogP contribution in [0.25, 0.3) is 0 Å². The second-order valence-corrected chi connectivity index (χ2v) is 7.48. The molecule has 3 nitrogen and oxygen atoms in total. The van der Waals surface area contributed by atoms with Gasteiger partial charge in [-0.1, -0.05) is 25.7 Å². The van der Waals surface area contributed by atoms with E-state index in [4.69, 9.17) is 0 Å². The molecule has 3 heteroatoms. The van der Waals surface area contributed by atoms with Gasteiger partial charge >= 0.3 is 0 Å². The van der Waals surface area contributed by atoms with E-state index in [1.807, 2.05) is 0 Å². The highest BCUT2D eigenvalue weighted by molar-refractivity contribution is 5.64. The first-order valence-corrected chi connectivity index (χ1v) is 9.31. The Balaban J connectivity index is 1.86. The summed E-state index contributed by atoms with van der Waals surface area (Å²) in [5.74, 6) is -0.611. The first-order chi connectivity index (χ1) is 11.3. The van der Waals surface area contributed by atoms with Gasteiger partial charge < -0.3 is 15.0 Å². The summed E-state index contributed by atoms with van der Waals surface area (Å²) >= 11 is 0. The Bertz CT molecular complexity index is 604. The molecule has 0 aromatic heterocycles. The van der Waals surface area contributed by atoms with E-state index >= 15 is 0 Å². The molecule has 0 radical (unpaired) electrons. The Morgan fingerprint density at radius 2 is 1.54 bits per heavy atom. The molecule has 1 aromatic rings. The second-order valence-electron chi connectivity index (χ2n) is 7.48. The van der Waals surface area contributed by atoms with Gasteiger partial charge in [0.1, 0.15) is 0 Å². The average Bonchev–Trinajstić information content (AvgIpc) is 2.86. The van der Waals surface area contributed by atoms with Gasteiger partial charge in [0.25, 0.3) is 0 Å². The van der Waals surface area contributed by atoms with Crippen molar-refractivity contribution in [3.05, 3.63) is 33.4 Å². The summed E-state index contributed by atoms with van der Waals surface area (Å²) in [6, 6.07) is 0. The molecule has 0 bridgehead atoms. The fraction of sp³-hybridized carbons (Fsp3) is 0.667. The molecule has 24 heavy (non-hydrogen) atoms. The quantitative estimate of drug-likeness (QED) is 0.740. The van der Waals surface area contributed by atoms with E-state index in [-0.39, 0.29) is 12.5 Å². The number of hydrogen-bond acceptors (Lipinski definition) is 3. The lowest BCUT2D eigenvalue weighted by Gasteiger charge is -2.18. The van der Waals surface area contributed by atoms with Crippen LogP contribution in [0.3, 0.4) is 0 Å². The van der Waals surface area contributed by atoms with Crippen molar-refractivity contribution < 1.29 is 15.0 Å². The summed E-state index contributed by atoms with van der Waals surface area (Å²) in [6.45, 7) is 8.67. The van der Waals surface area contributed by atoms with Crippen molar-refractivity contribution in [1.82, 2.24) is 0 Å². The van der Waals surface area contributed by atoms with Crippen LogP contribution in [0.4, 0.5) is 0 Å². The van der Waals surface area contributed by atoms with Gasteiger partial charge in [0, 0.05) is 5.97 Å². The van der Waals surface area contributed by atoms with Crippen LogP contribution in [0.2, 0.25) is 0 Å². The zero-order valence-corrected chi connectivity index (χ0v) is 15.6. The van der Waals surface area contributed by atoms with Crippen molar-refractivity contribution in [2.45, 2.75) is 85.2 Å². The van der Waals surface area contributed by atoms with Gasteiger partial charge in [0.2, 0.25) is 0 Å². The van der Waals surface area contributed by atoms with Crippen LogP contribution >= 0.6 is 0 Å². The van der Waals surface area contributed by atoms with E-state index in [0.717, 1.165) is 44.9 Å². The van der Waals surface area contributed by atoms with E-state index in [0.29, 0.717) is 5.92 Å². The summed E-state index contributed by atoms with van der Waals surface area (Å²) in [6.07, 6.45) is 6.86. The number of fused-ring (bicyclic) bond motifs is 1. The summed E-state index contributed by atoms with van der Waals surface area (Å²) in [5.41, 5.74) is 7.88. The highest BCUT2D eigenvalue weighted by atomic mass is 16.4. The Kier molecular flexibility index (Phi) is 6.45. The molecule has 1 N–H and O–H groups in total. The number of benzene rings is 1. The van der Waals surface area contributed by atoms with Crippen molar-refractivity contribution in [3.8, 4) is 0 Å². The number of rotatable bonds is 8. The molecule has 0 saturated carbocycles. The Morgan fingerprint density at radius 3 is 2.21 bits per heavy atom. The number of aliphatic carboxylic acids is 1. The van der Waals surface area contributed by atoms with Crippen molar-refractivity contribution >= 4 is 5.97 Å². The molecule has 2 rings (SSSR count). The van der Waals surface area contributed by atoms with E-state index in [1.54, 1.807) is 0 Å². The largest absolute Gasteiger partial charge is 0.550 e. The first kappa shape index (κ1) is 19.0. The number of hydrogen-bond donors (Lipinski definition) is 1. The highest BCUT2D eigenvalue weighted by Crippen LogP contribution is 2.44. The zero-order chi connectivity index (χ0) is 17.9. The first-order valence-electron chi connectivity index (χ1n) is 9.31. The predicted molar refractivity (Wildman–Crippen MR) is 94.9 cm³/mol. The maximum atomic E-state index is 10.8. The van der Waals surface area contributed by atoms with Gasteiger partial charge in [-0.2, -0.15) is 0 Å². The van der Waals surface area contributed by atoms with Crippen LogP contribution in [-0.4, -0.2) is 11.1 Å². The lowest BCUT2D eigenvalue weighted by Crippen LogP contribution is -2.21. The molecule has 0 fully saturated rings. The summed E-state index contributed by atoms with van der Waals surface area (Å²) in [4.78, 5) is 10.4. The van der Waals surface area contributed by atoms with E-state index in [1.165, 1.54) is 33.4 Å². The maximum Gasteiger partial charge on any atom is 0.0826 e. The smallest absolute Gasteiger partial charge is 0.0826 e. The standard InChI is InChI=1S/C21H32O3/c1-13-14(2)16(4)20-18(15(13)3)12-17(21(20)24)10-8-6-5-7-9-11-19(22)23/h17,21,24H,5-12H2,1-4H3,(H,22,23)/p-1. The molecule has 0 aliphatic heterocycles. The normalized spacial score (nSPS) is 19.5. The molecule has 1 aromatic carbocycles. The third kappa shape index (κ3) is 4.00. The molecular formula is C21H31O3-. The highest BCUT2D eigenvalue weighted by Gasteiger charge is 2.34. The van der Waals surface area contributed by atoms with E-state index in [9.17, 15) is 15.0 Å². The molecule has 0 heterocycles. The minimum absolute atomic E-state index is 0.175. The number of carbonyl (C=O) groups excluding carboxylic acids is 1. The Labute approximate surface area is 146 Å². The van der Waals surface area contributed by atoms with Gasteiger partial charge in [-0.05, 0) is 92.7 Å². The fourth-order valence-corrected chi connectivity index (χ4v) is 4.16. The molecule has 134 valence electrons. The van der Waals surface area contributed by atoms with E-state index in [2.05, 4.69) is 27.7 Å². The molecular weight excluding hydrogens is 300 g/mol. The zero-order valence-electron chi connectivity index (χ0n) is 15.6. The third-order valence-corrected chi connectivity index (χ3v) is 6.03. The van der Waals surface area contributed by atoms with Crippen molar-refractivity contribution in [1.29, 1.82) is 0 Å². The molecule has 0 saturated heterocycles. The van der Waals surface area contributed by atoms with Gasteiger partial charge in [-0.3, -0.25) is 0 Å². The van der Waals surface area contributed by atoms with Crippen LogP contribution in [-0.2, 0) is 11.2 Å². The molecule has 1 aliphatic rings. The average molecular weight is 331 g/mol. The fourth-order valence-electron chi connectivity index (χ4n) is 4.16. The predicted octanol–water partition coefficient (Wildman–Crippen LogP) is 3.61. The van der Waals surface area contributed by atoms with Gasteiger partial charge in [0.15, 0.2) is 0 Å². The number of carbonyl (C=O) groups is 1. The third-order valence-electron chi connectivity index (χ3n) is 6.03. The summed E-state index contributed by atoms with van der Waals surface area (Å²) < 4.78 is 0. The monoisotopic (exact) mass is 331 g/mol. The molecule has 1 aliphatic carbocycles. The van der Waals surface area contributed by atoms with E-state index < -0.39 is 5.97 Å². The summed E-state index contributed by atoms with van der Waals surface area (Å²) in [7, 11) is 0. The van der Waals surface area contributed by atoms with Crippen LogP contribution in [0.1, 0.15) is 84.4 Å². The van der Waals surface area contributed by atoms with Gasteiger partial charge in [-0.25, -0.2) is 0 Å². The number of aliphatic hydroxyl groups is 1. The number of unbranched alkanes of at least 4 members (excludes halogenated alkanes) is 4. The SMILES string of the molecule is Cc1c(C)c(C)c2c(c1C)CC(CCCCCCCC(=O)[O-])C2O. The lowest BCUT2D eigenvalue weighted by atomic mass is 9.90. The van der Waals surface area contributed by atoms with Crippen molar-refractivity contribution in [2.75, 3.05) is 0 Å². The topological polar surface area (TPSA) is 60.4 Å². The molecule has 0 amide bonds. The molecule has 0 spiro atoms. The van der Waals surface area contributed by atoms with Gasteiger partial charge in [-0.15, -0.1) is 0 Å². The lowest BCUT2D eigenvalue weighted by molar-refractivity contribution is -0.305. The molecule has 2 atom stereocenters. The second kappa shape index (κ2) is 8.15. The Hall–Kier alpha value is -1.35. The summed E-state index contributed by atoms with van der Waals surface area (Å²) in [5, 5.41) is 21.2. The minimum Gasteiger partial charge on any atom is -0.550 e. The Morgan fingerprint density at radius 1 is 0.958 bits per heavy atom. The van der Waals surface area contributed by atoms with Crippen LogP contribution in [0, 0.1) is 33.6 Å². The van der Waals surface area contributed by atoms with Crippen molar-refractivity contribution in [2.24, 2.45) is 5.92 Å². The number of carboxylic acid groups (broad SMARTS) is 1. The van der Waals surface area contributed by atoms with Crippen LogP contribution in [0.15, 0.2) is 0 Å². The molecule has 2 unspecified atom stereocenters. The van der Waals surface area contributed by atoms with Crippen LogP contribution in [0.5, 0.6) is 0 Å². The number of carboxylic acids is 1. The van der Waals surface area contributed by atoms with Gasteiger partial charge in [0.05, 0.1) is 6.10 Å². The maximum absolute atomic E-state index is 10.8. The van der Waals surface area contributed by atoms with Crippen molar-refractivity contribution in [3.63, 3.8) is 0 Å². The minimum atomic E-state index is -0.946. The number of aliphatic hydroxyl groups excluding tert-OH is 1. The van der Waals surface area contributed by atoms with Crippen LogP contribution < -0.4 is 5.11 Å².